The highest BCUT2D eigenvalue weighted by atomic mass is 32.2. The number of para-hydroxylation sites is 1. The highest BCUT2D eigenvalue weighted by molar-refractivity contribution is 8.00. The molecule has 0 aliphatic heterocycles. The number of fused-ring (bicyclic) bond motifs is 3. The van der Waals surface area contributed by atoms with Crippen molar-refractivity contribution in [1.29, 1.82) is 0 Å². The predicted molar refractivity (Wildman–Crippen MR) is 117 cm³/mol. The van der Waals surface area contributed by atoms with Crippen LogP contribution in [0.5, 0.6) is 0 Å². The van der Waals surface area contributed by atoms with E-state index in [1.165, 1.54) is 16.5 Å². The number of hydrogen-bond donors (Lipinski definition) is 1. The van der Waals surface area contributed by atoms with Gasteiger partial charge >= 0.3 is 0 Å². The minimum absolute atomic E-state index is 0.00492. The number of carbonyl (C=O) groups is 1. The maximum Gasteiger partial charge on any atom is 0.237 e. The molecule has 1 amide bonds. The van der Waals surface area contributed by atoms with Gasteiger partial charge in [-0.15, -0.1) is 21.5 Å². The van der Waals surface area contributed by atoms with Crippen molar-refractivity contribution in [1.82, 2.24) is 14.6 Å². The quantitative estimate of drug-likeness (QED) is 0.437. The summed E-state index contributed by atoms with van der Waals surface area (Å²) in [4.78, 5) is 12.9. The van der Waals surface area contributed by atoms with E-state index in [0.717, 1.165) is 39.6 Å². The largest absolute Gasteiger partial charge is 0.325 e. The average Bonchev–Trinajstić information content (AvgIpc) is 3.29. The third-order valence-electron chi connectivity index (χ3n) is 4.79. The number of nitrogens with zero attached hydrogens (tertiary/aromatic N) is 3. The van der Waals surface area contributed by atoms with Crippen LogP contribution < -0.4 is 5.32 Å². The van der Waals surface area contributed by atoms with Crippen LogP contribution >= 0.6 is 23.1 Å². The normalized spacial score (nSPS) is 12.5. The maximum absolute atomic E-state index is 12.9. The van der Waals surface area contributed by atoms with Crippen molar-refractivity contribution in [2.45, 2.75) is 43.9 Å². The number of amides is 1. The number of thioether (sulfide) groups is 1. The van der Waals surface area contributed by atoms with Crippen LogP contribution in [-0.4, -0.2) is 25.8 Å². The number of thiophene rings is 1. The topological polar surface area (TPSA) is 59.3 Å². The van der Waals surface area contributed by atoms with E-state index in [1.807, 2.05) is 38.1 Å². The zero-order valence-electron chi connectivity index (χ0n) is 16.1. The third kappa shape index (κ3) is 3.40. The van der Waals surface area contributed by atoms with Crippen molar-refractivity contribution in [2.75, 3.05) is 5.32 Å². The fourth-order valence-electron chi connectivity index (χ4n) is 3.26. The summed E-state index contributed by atoms with van der Waals surface area (Å²) in [6, 6.07) is 12.1. The molecule has 1 N–H and O–H groups in total. The van der Waals surface area contributed by atoms with Gasteiger partial charge in [0.15, 0.2) is 0 Å². The number of benzene rings is 1. The first-order valence-electron chi connectivity index (χ1n) is 9.39. The Balaban J connectivity index is 1.66. The van der Waals surface area contributed by atoms with Gasteiger partial charge in [0.1, 0.15) is 10.9 Å². The summed E-state index contributed by atoms with van der Waals surface area (Å²) in [7, 11) is 0. The zero-order chi connectivity index (χ0) is 19.7. The lowest BCUT2D eigenvalue weighted by Crippen LogP contribution is -2.25. The summed E-state index contributed by atoms with van der Waals surface area (Å²) in [5, 5.41) is 14.6. The minimum Gasteiger partial charge on any atom is -0.325 e. The van der Waals surface area contributed by atoms with E-state index in [-0.39, 0.29) is 11.2 Å². The number of aryl methyl sites for hydroxylation is 2. The molecule has 0 radical (unpaired) electrons. The van der Waals surface area contributed by atoms with Crippen molar-refractivity contribution in [3.8, 4) is 0 Å². The summed E-state index contributed by atoms with van der Waals surface area (Å²) in [6.07, 6.45) is 1.51. The summed E-state index contributed by atoms with van der Waals surface area (Å²) < 4.78 is 3.39. The Bertz CT molecular complexity index is 1150. The molecule has 0 saturated carbocycles. The predicted octanol–water partition coefficient (Wildman–Crippen LogP) is 5.32. The molecule has 4 aromatic rings. The molecule has 3 heterocycles. The molecule has 0 bridgehead atoms. The van der Waals surface area contributed by atoms with Crippen molar-refractivity contribution in [3.05, 3.63) is 53.2 Å². The second-order valence-electron chi connectivity index (χ2n) is 6.63. The van der Waals surface area contributed by atoms with Crippen LogP contribution in [-0.2, 0) is 11.2 Å². The van der Waals surface area contributed by atoms with Crippen molar-refractivity contribution >= 4 is 50.4 Å². The van der Waals surface area contributed by atoms with Gasteiger partial charge in [0.2, 0.25) is 5.91 Å². The Kier molecular flexibility index (Phi) is 5.37. The summed E-state index contributed by atoms with van der Waals surface area (Å²) in [5.41, 5.74) is 4.09. The van der Waals surface area contributed by atoms with Gasteiger partial charge in [0.05, 0.1) is 21.0 Å². The van der Waals surface area contributed by atoms with E-state index in [1.54, 1.807) is 11.3 Å². The van der Waals surface area contributed by atoms with Gasteiger partial charge in [-0.2, -0.15) is 0 Å². The van der Waals surface area contributed by atoms with Gasteiger partial charge in [0, 0.05) is 12.1 Å². The van der Waals surface area contributed by atoms with E-state index in [9.17, 15) is 4.79 Å². The molecule has 4 rings (SSSR count). The van der Waals surface area contributed by atoms with Gasteiger partial charge in [-0.1, -0.05) is 43.8 Å². The molecule has 0 saturated heterocycles. The molecular weight excluding hydrogens is 388 g/mol. The second kappa shape index (κ2) is 7.93. The Labute approximate surface area is 172 Å². The second-order valence-corrected chi connectivity index (χ2v) is 8.77. The maximum atomic E-state index is 12.9. The van der Waals surface area contributed by atoms with Gasteiger partial charge in [-0.25, -0.2) is 0 Å². The molecule has 5 nitrogen and oxygen atoms in total. The number of nitrogens with one attached hydrogen (secondary N) is 1. The van der Waals surface area contributed by atoms with Gasteiger partial charge in [-0.3, -0.25) is 9.20 Å². The monoisotopic (exact) mass is 410 g/mol. The lowest BCUT2D eigenvalue weighted by molar-refractivity contribution is -0.115. The molecule has 0 unspecified atom stereocenters. The average molecular weight is 411 g/mol. The fraction of sp³-hybridized carbons (Fsp3) is 0.286. The number of aromatic nitrogens is 3. The number of carbonyl (C=O) groups excluding carboxylic acids is 1. The molecule has 1 aromatic carbocycles. The van der Waals surface area contributed by atoms with E-state index >= 15 is 0 Å². The van der Waals surface area contributed by atoms with Crippen molar-refractivity contribution in [3.63, 3.8) is 0 Å². The van der Waals surface area contributed by atoms with Crippen LogP contribution in [0.25, 0.3) is 15.7 Å². The first-order valence-corrected chi connectivity index (χ1v) is 11.2. The van der Waals surface area contributed by atoms with E-state index in [2.05, 4.69) is 44.4 Å². The summed E-state index contributed by atoms with van der Waals surface area (Å²) >= 11 is 3.20. The van der Waals surface area contributed by atoms with Gasteiger partial charge in [-0.05, 0) is 42.5 Å². The summed E-state index contributed by atoms with van der Waals surface area (Å²) in [5.74, 6) is 0.930. The molecular formula is C21H22N4OS2. The fourth-order valence-corrected chi connectivity index (χ4v) is 5.02. The highest BCUT2D eigenvalue weighted by Gasteiger charge is 2.22. The minimum atomic E-state index is -0.238. The Hall–Kier alpha value is -2.38. The van der Waals surface area contributed by atoms with E-state index in [0.29, 0.717) is 6.42 Å². The Morgan fingerprint density at radius 3 is 2.79 bits per heavy atom. The van der Waals surface area contributed by atoms with Crippen molar-refractivity contribution in [2.24, 2.45) is 0 Å². The van der Waals surface area contributed by atoms with E-state index in [4.69, 9.17) is 0 Å². The third-order valence-corrected chi connectivity index (χ3v) is 6.99. The summed E-state index contributed by atoms with van der Waals surface area (Å²) in [6.45, 7) is 6.10. The highest BCUT2D eigenvalue weighted by Crippen LogP contribution is 2.34. The molecule has 7 heteroatoms. The number of hydrogen-bond acceptors (Lipinski definition) is 5. The smallest absolute Gasteiger partial charge is 0.237 e. The SMILES string of the molecule is CCc1nnc(S[C@H](CC)C(=O)Nc2ccccc2C)c2cc3sccc3n12. The molecule has 1 atom stereocenters. The van der Waals surface area contributed by atoms with Crippen LogP contribution in [0.15, 0.2) is 46.8 Å². The van der Waals surface area contributed by atoms with Gasteiger partial charge in [0.25, 0.3) is 0 Å². The first kappa shape index (κ1) is 19.0. The first-order chi connectivity index (χ1) is 13.6. The van der Waals surface area contributed by atoms with Crippen LogP contribution in [0.3, 0.4) is 0 Å². The van der Waals surface area contributed by atoms with Crippen LogP contribution in [0, 0.1) is 6.92 Å². The lowest BCUT2D eigenvalue weighted by atomic mass is 10.2. The standard InChI is InChI=1S/C21H22N4OS2/c1-4-17(20(26)22-14-9-7-6-8-13(14)3)28-21-16-12-18-15(10-11-27-18)25(16)19(5-2)23-24-21/h6-12,17H,4-5H2,1-3H3,(H,22,26)/t17-/m1/s1. The van der Waals surface area contributed by atoms with E-state index < -0.39 is 0 Å². The molecule has 0 spiro atoms. The molecule has 144 valence electrons. The number of rotatable bonds is 6. The molecule has 3 aromatic heterocycles. The molecule has 28 heavy (non-hydrogen) atoms. The zero-order valence-corrected chi connectivity index (χ0v) is 17.7. The molecule has 0 aliphatic carbocycles. The molecule has 0 fully saturated rings. The van der Waals surface area contributed by atoms with Crippen LogP contribution in [0.1, 0.15) is 31.7 Å². The molecule has 0 aliphatic rings. The lowest BCUT2D eigenvalue weighted by Gasteiger charge is -2.16. The van der Waals surface area contributed by atoms with Crippen LogP contribution in [0.2, 0.25) is 0 Å². The van der Waals surface area contributed by atoms with Crippen molar-refractivity contribution < 1.29 is 4.79 Å². The number of anilines is 1. The van der Waals surface area contributed by atoms with Gasteiger partial charge < -0.3 is 5.32 Å². The Morgan fingerprint density at radius 2 is 2.04 bits per heavy atom. The van der Waals surface area contributed by atoms with Crippen LogP contribution in [0.4, 0.5) is 5.69 Å². The Morgan fingerprint density at radius 1 is 1.21 bits per heavy atom.